The molecule has 0 aromatic heterocycles. The number of rotatable bonds is 1. The lowest BCUT2D eigenvalue weighted by Gasteiger charge is -2.03. The van der Waals surface area contributed by atoms with Crippen molar-refractivity contribution in [2.45, 2.75) is 12.3 Å². The van der Waals surface area contributed by atoms with Gasteiger partial charge in [-0.15, -0.1) is 0 Å². The highest BCUT2D eigenvalue weighted by molar-refractivity contribution is 5.48. The van der Waals surface area contributed by atoms with Crippen molar-refractivity contribution in [1.29, 1.82) is 0 Å². The molecule has 4 heteroatoms. The van der Waals surface area contributed by atoms with E-state index in [0.29, 0.717) is 6.41 Å². The molecule has 0 saturated carbocycles. The lowest BCUT2D eigenvalue weighted by molar-refractivity contribution is -0.117. The number of hydrogen-bond donors (Lipinski definition) is 0. The summed E-state index contributed by atoms with van der Waals surface area (Å²) in [4.78, 5) is 11.0. The minimum atomic E-state index is -1.48. The van der Waals surface area contributed by atoms with E-state index >= 15 is 0 Å². The molecule has 1 aliphatic rings. The molecule has 1 amide bonds. The van der Waals surface area contributed by atoms with Gasteiger partial charge in [0.25, 0.3) is 0 Å². The molecule has 0 bridgehead atoms. The van der Waals surface area contributed by atoms with Crippen LogP contribution in [0.2, 0.25) is 0 Å². The lowest BCUT2D eigenvalue weighted by Crippen LogP contribution is -2.18. The number of alkyl halides is 2. The number of hydrogen-bond acceptors (Lipinski definition) is 1. The van der Waals surface area contributed by atoms with Crippen LogP contribution in [-0.2, 0) is 4.79 Å². The first-order valence-electron chi connectivity index (χ1n) is 2.71. The highest BCUT2D eigenvalue weighted by Gasteiger charge is 2.31. The van der Waals surface area contributed by atoms with Gasteiger partial charge in [0, 0.05) is 0 Å². The molecule has 2 atom stereocenters. The molecule has 1 rings (SSSR count). The van der Waals surface area contributed by atoms with E-state index in [0.717, 1.165) is 4.90 Å². The van der Waals surface area contributed by atoms with Crippen LogP contribution >= 0.6 is 0 Å². The standard InChI is InChI=1S/C5H7F2NO/c6-4-1-8(3-9)2-5(4)7/h3-5H,1-2H2/t4-,5+. The number of carbonyl (C=O) groups excluding carboxylic acids is 1. The smallest absolute Gasteiger partial charge is 0.209 e. The summed E-state index contributed by atoms with van der Waals surface area (Å²) in [5, 5.41) is 0. The zero-order chi connectivity index (χ0) is 6.85. The summed E-state index contributed by atoms with van der Waals surface area (Å²) in [5.41, 5.74) is 0. The van der Waals surface area contributed by atoms with Crippen LogP contribution in [0.4, 0.5) is 8.78 Å². The van der Waals surface area contributed by atoms with E-state index in [2.05, 4.69) is 0 Å². The van der Waals surface area contributed by atoms with Crippen molar-refractivity contribution in [3.63, 3.8) is 0 Å². The predicted molar refractivity (Wildman–Crippen MR) is 27.4 cm³/mol. The Morgan fingerprint density at radius 1 is 1.33 bits per heavy atom. The van der Waals surface area contributed by atoms with Crippen molar-refractivity contribution in [1.82, 2.24) is 4.90 Å². The van der Waals surface area contributed by atoms with Crippen LogP contribution in [0.25, 0.3) is 0 Å². The van der Waals surface area contributed by atoms with Gasteiger partial charge in [0.1, 0.15) is 0 Å². The molecule has 1 fully saturated rings. The maximum atomic E-state index is 12.2. The summed E-state index contributed by atoms with van der Waals surface area (Å²) in [6.07, 6.45) is -2.49. The fourth-order valence-corrected chi connectivity index (χ4v) is 0.837. The summed E-state index contributed by atoms with van der Waals surface area (Å²) >= 11 is 0. The van der Waals surface area contributed by atoms with Gasteiger partial charge in [-0.3, -0.25) is 4.79 Å². The average Bonchev–Trinajstić information content (AvgIpc) is 2.13. The molecule has 2 nitrogen and oxygen atoms in total. The van der Waals surface area contributed by atoms with Gasteiger partial charge in [0.05, 0.1) is 13.1 Å². The van der Waals surface area contributed by atoms with Crippen LogP contribution < -0.4 is 0 Å². The van der Waals surface area contributed by atoms with E-state index in [-0.39, 0.29) is 13.1 Å². The monoisotopic (exact) mass is 135 g/mol. The Labute approximate surface area is 51.4 Å². The summed E-state index contributed by atoms with van der Waals surface area (Å²) in [5.74, 6) is 0. The number of carbonyl (C=O) groups is 1. The Kier molecular flexibility index (Phi) is 1.64. The zero-order valence-corrected chi connectivity index (χ0v) is 4.76. The van der Waals surface area contributed by atoms with Crippen molar-refractivity contribution in [2.24, 2.45) is 0 Å². The first-order chi connectivity index (χ1) is 4.24. The number of nitrogens with zero attached hydrogens (tertiary/aromatic N) is 1. The number of halogens is 2. The Bertz CT molecular complexity index is 110. The highest BCUT2D eigenvalue weighted by atomic mass is 19.2. The van der Waals surface area contributed by atoms with Crippen molar-refractivity contribution >= 4 is 6.41 Å². The third kappa shape index (κ3) is 1.17. The molecule has 9 heavy (non-hydrogen) atoms. The lowest BCUT2D eigenvalue weighted by atomic mass is 10.3. The van der Waals surface area contributed by atoms with Gasteiger partial charge in [-0.1, -0.05) is 0 Å². The molecular weight excluding hydrogens is 128 g/mol. The second kappa shape index (κ2) is 2.29. The SMILES string of the molecule is O=CN1C[C@@H](F)[C@@H](F)C1. The van der Waals surface area contributed by atoms with Crippen LogP contribution in [0.15, 0.2) is 0 Å². The van der Waals surface area contributed by atoms with E-state index in [1.165, 1.54) is 0 Å². The maximum Gasteiger partial charge on any atom is 0.209 e. The molecule has 52 valence electrons. The van der Waals surface area contributed by atoms with Crippen molar-refractivity contribution in [3.8, 4) is 0 Å². The normalized spacial score (nSPS) is 35.1. The topological polar surface area (TPSA) is 20.3 Å². The van der Waals surface area contributed by atoms with Gasteiger partial charge < -0.3 is 4.90 Å². The van der Waals surface area contributed by atoms with Gasteiger partial charge in [0.15, 0.2) is 12.3 Å². The molecule has 0 spiro atoms. The molecule has 0 aliphatic carbocycles. The molecule has 0 aromatic carbocycles. The van der Waals surface area contributed by atoms with Gasteiger partial charge in [-0.2, -0.15) is 0 Å². The molecule has 1 heterocycles. The second-order valence-corrected chi connectivity index (χ2v) is 2.09. The maximum absolute atomic E-state index is 12.2. The third-order valence-electron chi connectivity index (χ3n) is 1.36. The van der Waals surface area contributed by atoms with Crippen LogP contribution in [-0.4, -0.2) is 36.7 Å². The van der Waals surface area contributed by atoms with Gasteiger partial charge in [-0.25, -0.2) is 8.78 Å². The Morgan fingerprint density at radius 2 is 1.78 bits per heavy atom. The zero-order valence-electron chi connectivity index (χ0n) is 4.76. The summed E-state index contributed by atoms with van der Waals surface area (Å²) in [6, 6.07) is 0. The minimum absolute atomic E-state index is 0.0926. The van der Waals surface area contributed by atoms with Gasteiger partial charge >= 0.3 is 0 Å². The number of amides is 1. The summed E-state index contributed by atoms with van der Waals surface area (Å²) in [7, 11) is 0. The van der Waals surface area contributed by atoms with E-state index < -0.39 is 12.3 Å². The predicted octanol–water partition coefficient (Wildman–Crippen LogP) is 0.135. The summed E-state index contributed by atoms with van der Waals surface area (Å²) in [6.45, 7) is -0.185. The molecule has 0 radical (unpaired) electrons. The van der Waals surface area contributed by atoms with Crippen molar-refractivity contribution in [2.75, 3.05) is 13.1 Å². The van der Waals surface area contributed by atoms with Crippen LogP contribution in [0.3, 0.4) is 0 Å². The highest BCUT2D eigenvalue weighted by Crippen LogP contribution is 2.14. The molecule has 0 unspecified atom stereocenters. The van der Waals surface area contributed by atoms with E-state index in [9.17, 15) is 13.6 Å². The van der Waals surface area contributed by atoms with Crippen molar-refractivity contribution in [3.05, 3.63) is 0 Å². The van der Waals surface area contributed by atoms with Crippen LogP contribution in [0.1, 0.15) is 0 Å². The van der Waals surface area contributed by atoms with E-state index in [1.54, 1.807) is 0 Å². The molecular formula is C5H7F2NO. The number of likely N-dealkylation sites (tertiary alicyclic amines) is 1. The van der Waals surface area contributed by atoms with Crippen LogP contribution in [0.5, 0.6) is 0 Å². The molecule has 1 saturated heterocycles. The second-order valence-electron chi connectivity index (χ2n) is 2.09. The Morgan fingerprint density at radius 3 is 2.00 bits per heavy atom. The summed E-state index contributed by atoms with van der Waals surface area (Å²) < 4.78 is 24.4. The Balaban J connectivity index is 2.43. The fraction of sp³-hybridized carbons (Fsp3) is 0.800. The fourth-order valence-electron chi connectivity index (χ4n) is 0.837. The van der Waals surface area contributed by atoms with E-state index in [1.807, 2.05) is 0 Å². The largest absolute Gasteiger partial charge is 0.339 e. The van der Waals surface area contributed by atoms with Gasteiger partial charge in [-0.05, 0) is 0 Å². The van der Waals surface area contributed by atoms with Crippen molar-refractivity contribution < 1.29 is 13.6 Å². The Hall–Kier alpha value is -0.670. The average molecular weight is 135 g/mol. The van der Waals surface area contributed by atoms with Crippen LogP contribution in [0, 0.1) is 0 Å². The third-order valence-corrected chi connectivity index (χ3v) is 1.36. The first kappa shape index (κ1) is 6.45. The van der Waals surface area contributed by atoms with Gasteiger partial charge in [0.2, 0.25) is 6.41 Å². The molecule has 0 N–H and O–H groups in total. The molecule has 1 aliphatic heterocycles. The molecule has 0 aromatic rings. The minimum Gasteiger partial charge on any atom is -0.339 e. The quantitative estimate of drug-likeness (QED) is 0.468. The van der Waals surface area contributed by atoms with E-state index in [4.69, 9.17) is 0 Å². The first-order valence-corrected chi connectivity index (χ1v) is 2.71.